The quantitative estimate of drug-likeness (QED) is 0.0698. The molecule has 0 aliphatic carbocycles. The van der Waals surface area contributed by atoms with Gasteiger partial charge in [0.25, 0.3) is 0 Å². The number of rotatable bonds is 27. The van der Waals surface area contributed by atoms with Crippen LogP contribution in [0, 0.1) is 23.2 Å². The van der Waals surface area contributed by atoms with Gasteiger partial charge in [0.1, 0.15) is 5.78 Å². The Balaban J connectivity index is 4.96. The molecule has 5 amide bonds. The lowest BCUT2D eigenvalue weighted by atomic mass is 9.88. The minimum atomic E-state index is -0.833. The van der Waals surface area contributed by atoms with Gasteiger partial charge in [0.2, 0.25) is 17.7 Å². The van der Waals surface area contributed by atoms with Crippen molar-refractivity contribution in [3.05, 3.63) is 0 Å². The number of carbonyl (C=O) groups is 6. The van der Waals surface area contributed by atoms with E-state index in [1.54, 1.807) is 0 Å². The zero-order valence-corrected chi connectivity index (χ0v) is 29.5. The highest BCUT2D eigenvalue weighted by atomic mass is 16.5. The molecule has 0 rings (SSSR count). The largest absolute Gasteiger partial charge is 0.377 e. The van der Waals surface area contributed by atoms with Crippen LogP contribution in [0.3, 0.4) is 0 Å². The minimum Gasteiger partial charge on any atom is -0.377 e. The maximum atomic E-state index is 13.5. The molecule has 0 aromatic heterocycles. The van der Waals surface area contributed by atoms with Crippen molar-refractivity contribution in [3.63, 3.8) is 0 Å². The van der Waals surface area contributed by atoms with Crippen LogP contribution in [-0.4, -0.2) is 94.0 Å². The van der Waals surface area contributed by atoms with Gasteiger partial charge >= 0.3 is 6.03 Å². The molecule has 272 valence electrons. The second-order valence-electron chi connectivity index (χ2n) is 13.5. The van der Waals surface area contributed by atoms with Gasteiger partial charge in [-0.3, -0.25) is 19.2 Å². The highest BCUT2D eigenvalue weighted by molar-refractivity contribution is 5.94. The SMILES string of the molecule is CC(=O)C[C@@H](CCCCN)C(=O)N[C@H](C(=O)C[C@@H](CCCNC(N)=O)C(=O)NCCOCCOCCNC(=O)CC(C)(C)C)C(C)C. The molecule has 0 aromatic rings. The first kappa shape index (κ1) is 43.9. The van der Waals surface area contributed by atoms with Crippen LogP contribution in [0.2, 0.25) is 0 Å². The van der Waals surface area contributed by atoms with Gasteiger partial charge in [0, 0.05) is 50.7 Å². The van der Waals surface area contributed by atoms with Crippen molar-refractivity contribution >= 4 is 35.3 Å². The lowest BCUT2D eigenvalue weighted by Crippen LogP contribution is -2.48. The standard InChI is InChI=1S/C33H62N6O8/c1-23(2)29(39-31(44)25(20-24(3)40)10-7-8-12-34)27(41)21-26(11-9-13-38-32(35)45)30(43)37-15-17-47-19-18-46-16-14-36-28(42)22-33(4,5)6/h23,25-26,29H,7-22,34H2,1-6H3,(H,36,42)(H,37,43)(H,39,44)(H3,35,38,45)/t25-,26-,29+/m1/s1. The summed E-state index contributed by atoms with van der Waals surface area (Å²) in [5, 5.41) is 10.9. The molecular weight excluding hydrogens is 608 g/mol. The Bertz CT molecular complexity index is 969. The maximum Gasteiger partial charge on any atom is 0.312 e. The first-order chi connectivity index (χ1) is 22.1. The second kappa shape index (κ2) is 25.0. The Labute approximate surface area is 280 Å². The first-order valence-electron chi connectivity index (χ1n) is 16.8. The molecule has 3 atom stereocenters. The molecule has 0 radical (unpaired) electrons. The van der Waals surface area contributed by atoms with Crippen LogP contribution in [0.25, 0.3) is 0 Å². The summed E-state index contributed by atoms with van der Waals surface area (Å²) in [6.07, 6.45) is 3.04. The predicted molar refractivity (Wildman–Crippen MR) is 180 cm³/mol. The fraction of sp³-hybridized carbons (Fsp3) is 0.818. The number of hydrogen-bond acceptors (Lipinski definition) is 9. The van der Waals surface area contributed by atoms with Gasteiger partial charge in [-0.05, 0) is 50.5 Å². The molecule has 0 aliphatic heterocycles. The summed E-state index contributed by atoms with van der Waals surface area (Å²) in [6.45, 7) is 13.6. The summed E-state index contributed by atoms with van der Waals surface area (Å²) >= 11 is 0. The molecule has 0 heterocycles. The summed E-state index contributed by atoms with van der Waals surface area (Å²) in [6, 6.07) is -1.51. The zero-order chi connectivity index (χ0) is 35.8. The van der Waals surface area contributed by atoms with E-state index in [1.165, 1.54) is 6.92 Å². The maximum absolute atomic E-state index is 13.5. The normalized spacial score (nSPS) is 13.4. The molecule has 0 fully saturated rings. The molecule has 14 heteroatoms. The van der Waals surface area contributed by atoms with E-state index in [4.69, 9.17) is 20.9 Å². The topological polar surface area (TPSA) is 221 Å². The second-order valence-corrected chi connectivity index (χ2v) is 13.5. The van der Waals surface area contributed by atoms with Gasteiger partial charge < -0.3 is 47.0 Å². The van der Waals surface area contributed by atoms with E-state index in [0.29, 0.717) is 65.0 Å². The number of unbranched alkanes of at least 4 members (excludes halogenated alkanes) is 1. The average molecular weight is 671 g/mol. The van der Waals surface area contributed by atoms with E-state index >= 15 is 0 Å². The van der Waals surface area contributed by atoms with E-state index in [-0.39, 0.29) is 73.2 Å². The van der Waals surface area contributed by atoms with Crippen molar-refractivity contribution in [2.75, 3.05) is 52.6 Å². The number of carbonyl (C=O) groups excluding carboxylic acids is 6. The number of ether oxygens (including phenoxy) is 2. The molecular formula is C33H62N6O8. The molecule has 47 heavy (non-hydrogen) atoms. The van der Waals surface area contributed by atoms with E-state index in [0.717, 1.165) is 6.42 Å². The van der Waals surface area contributed by atoms with Crippen LogP contribution in [0.4, 0.5) is 4.79 Å². The zero-order valence-electron chi connectivity index (χ0n) is 29.5. The van der Waals surface area contributed by atoms with Crippen LogP contribution in [0.1, 0.15) is 92.9 Å². The average Bonchev–Trinajstić information content (AvgIpc) is 2.96. The Morgan fingerprint density at radius 1 is 0.723 bits per heavy atom. The number of nitrogens with two attached hydrogens (primary N) is 2. The lowest BCUT2D eigenvalue weighted by Gasteiger charge is -2.26. The highest BCUT2D eigenvalue weighted by Crippen LogP contribution is 2.19. The van der Waals surface area contributed by atoms with Crippen molar-refractivity contribution in [2.45, 2.75) is 99.0 Å². The number of hydrogen-bond donors (Lipinski definition) is 6. The summed E-state index contributed by atoms with van der Waals surface area (Å²) in [4.78, 5) is 74.5. The summed E-state index contributed by atoms with van der Waals surface area (Å²) in [5.74, 6) is -2.63. The predicted octanol–water partition coefficient (Wildman–Crippen LogP) is 1.58. The number of urea groups is 1. The third kappa shape index (κ3) is 23.8. The fourth-order valence-electron chi connectivity index (χ4n) is 4.87. The van der Waals surface area contributed by atoms with E-state index < -0.39 is 23.9 Å². The third-order valence-electron chi connectivity index (χ3n) is 7.25. The monoisotopic (exact) mass is 670 g/mol. The smallest absolute Gasteiger partial charge is 0.312 e. The van der Waals surface area contributed by atoms with Crippen molar-refractivity contribution in [3.8, 4) is 0 Å². The number of Topliss-reactive ketones (excluding diaryl/α,β-unsaturated/α-hetero) is 2. The van der Waals surface area contributed by atoms with Crippen LogP contribution in [0.5, 0.6) is 0 Å². The van der Waals surface area contributed by atoms with Crippen molar-refractivity contribution < 1.29 is 38.2 Å². The number of amides is 5. The van der Waals surface area contributed by atoms with E-state index in [9.17, 15) is 28.8 Å². The van der Waals surface area contributed by atoms with Crippen LogP contribution in [-0.2, 0) is 33.4 Å². The van der Waals surface area contributed by atoms with Gasteiger partial charge in [-0.15, -0.1) is 0 Å². The summed E-state index contributed by atoms with van der Waals surface area (Å²) in [7, 11) is 0. The molecule has 0 spiro atoms. The molecule has 0 bridgehead atoms. The van der Waals surface area contributed by atoms with Gasteiger partial charge in [-0.25, -0.2) is 4.79 Å². The molecule has 14 nitrogen and oxygen atoms in total. The van der Waals surface area contributed by atoms with Crippen molar-refractivity contribution in [1.29, 1.82) is 0 Å². The highest BCUT2D eigenvalue weighted by Gasteiger charge is 2.31. The van der Waals surface area contributed by atoms with Crippen LogP contribution < -0.4 is 32.7 Å². The molecule has 0 unspecified atom stereocenters. The van der Waals surface area contributed by atoms with Gasteiger partial charge in [0.15, 0.2) is 5.78 Å². The molecule has 0 aromatic carbocycles. The summed E-state index contributed by atoms with van der Waals surface area (Å²) in [5.41, 5.74) is 10.6. The number of primary amides is 1. The van der Waals surface area contributed by atoms with Gasteiger partial charge in [0.05, 0.1) is 32.5 Å². The minimum absolute atomic E-state index is 0.0194. The van der Waals surface area contributed by atoms with Crippen molar-refractivity contribution in [1.82, 2.24) is 21.3 Å². The molecule has 0 saturated carbocycles. The first-order valence-corrected chi connectivity index (χ1v) is 16.8. The lowest BCUT2D eigenvalue weighted by molar-refractivity contribution is -0.134. The summed E-state index contributed by atoms with van der Waals surface area (Å²) < 4.78 is 11.0. The molecule has 0 saturated heterocycles. The van der Waals surface area contributed by atoms with Crippen molar-refractivity contribution in [2.24, 2.45) is 34.6 Å². The molecule has 0 aliphatic rings. The van der Waals surface area contributed by atoms with E-state index in [2.05, 4.69) is 21.3 Å². The molecule has 8 N–H and O–H groups in total. The Morgan fingerprint density at radius 3 is 1.83 bits per heavy atom. The Morgan fingerprint density at radius 2 is 1.30 bits per heavy atom. The Hall–Kier alpha value is -3.10. The third-order valence-corrected chi connectivity index (χ3v) is 7.25. The van der Waals surface area contributed by atoms with Crippen LogP contribution in [0.15, 0.2) is 0 Å². The number of nitrogens with one attached hydrogen (secondary N) is 4. The number of ketones is 2. The van der Waals surface area contributed by atoms with E-state index in [1.807, 2.05) is 34.6 Å². The van der Waals surface area contributed by atoms with Crippen LogP contribution >= 0.6 is 0 Å². The van der Waals surface area contributed by atoms with Gasteiger partial charge in [-0.1, -0.05) is 41.0 Å². The fourth-order valence-corrected chi connectivity index (χ4v) is 4.87. The Kier molecular flexibility index (Phi) is 23.3. The van der Waals surface area contributed by atoms with Gasteiger partial charge in [-0.2, -0.15) is 0 Å².